The van der Waals surface area contributed by atoms with Crippen LogP contribution in [0.15, 0.2) is 0 Å². The third kappa shape index (κ3) is 3.42. The van der Waals surface area contributed by atoms with E-state index in [9.17, 15) is 13.2 Å². The molecule has 0 aromatic heterocycles. The number of rotatable bonds is 3. The lowest BCUT2D eigenvalue weighted by molar-refractivity contribution is -0.130. The number of carbonyl (C=O) groups excluding carboxylic acids is 1. The molecule has 2 N–H and O–H groups in total. The van der Waals surface area contributed by atoms with Gasteiger partial charge in [-0.3, -0.25) is 4.79 Å². The Morgan fingerprint density at radius 2 is 1.88 bits per heavy atom. The van der Waals surface area contributed by atoms with Crippen LogP contribution in [0.3, 0.4) is 0 Å². The monoisotopic (exact) mass is 260 g/mol. The second kappa shape index (κ2) is 4.94. The van der Waals surface area contributed by atoms with Crippen LogP contribution in [-0.2, 0) is 14.8 Å². The van der Waals surface area contributed by atoms with E-state index in [0.717, 1.165) is 12.8 Å². The summed E-state index contributed by atoms with van der Waals surface area (Å²) in [5.74, 6) is -0.0768. The standard InChI is InChI=1S/C11H20N2O3S/c12-17(15,16)8-9-6-11(14)13(7-9)10-4-2-1-3-5-10/h9-10H,1-8H2,(H2,12,15,16). The smallest absolute Gasteiger partial charge is 0.223 e. The van der Waals surface area contributed by atoms with Crippen molar-refractivity contribution in [3.63, 3.8) is 0 Å². The van der Waals surface area contributed by atoms with Gasteiger partial charge in [-0.05, 0) is 12.8 Å². The topological polar surface area (TPSA) is 80.5 Å². The summed E-state index contributed by atoms with van der Waals surface area (Å²) in [4.78, 5) is 13.7. The molecule has 1 unspecified atom stereocenters. The van der Waals surface area contributed by atoms with E-state index in [1.807, 2.05) is 4.90 Å². The molecule has 1 aliphatic carbocycles. The van der Waals surface area contributed by atoms with Crippen molar-refractivity contribution in [2.45, 2.75) is 44.6 Å². The summed E-state index contributed by atoms with van der Waals surface area (Å²) in [7, 11) is -3.46. The summed E-state index contributed by atoms with van der Waals surface area (Å²) in [6, 6.07) is 0.335. The number of carbonyl (C=O) groups is 1. The predicted octanol–water partition coefficient (Wildman–Crippen LogP) is 0.456. The van der Waals surface area contributed by atoms with E-state index in [-0.39, 0.29) is 17.6 Å². The van der Waals surface area contributed by atoms with Gasteiger partial charge in [-0.2, -0.15) is 0 Å². The Labute approximate surface area is 102 Å². The van der Waals surface area contributed by atoms with E-state index in [1.165, 1.54) is 19.3 Å². The van der Waals surface area contributed by atoms with Crippen molar-refractivity contribution in [1.29, 1.82) is 0 Å². The van der Waals surface area contributed by atoms with Crippen molar-refractivity contribution in [2.24, 2.45) is 11.1 Å². The van der Waals surface area contributed by atoms with Gasteiger partial charge in [0.05, 0.1) is 5.75 Å². The molecule has 2 fully saturated rings. The highest BCUT2D eigenvalue weighted by molar-refractivity contribution is 7.89. The van der Waals surface area contributed by atoms with Gasteiger partial charge in [-0.25, -0.2) is 13.6 Å². The first kappa shape index (κ1) is 12.8. The molecule has 1 atom stereocenters. The summed E-state index contributed by atoms with van der Waals surface area (Å²) in [5, 5.41) is 5.03. The van der Waals surface area contributed by atoms with E-state index in [0.29, 0.717) is 19.0 Å². The molecule has 6 heteroatoms. The minimum Gasteiger partial charge on any atom is -0.339 e. The molecule has 17 heavy (non-hydrogen) atoms. The molecule has 1 amide bonds. The van der Waals surface area contributed by atoms with Gasteiger partial charge in [0, 0.05) is 24.9 Å². The highest BCUT2D eigenvalue weighted by Crippen LogP contribution is 2.28. The van der Waals surface area contributed by atoms with Gasteiger partial charge in [0.25, 0.3) is 0 Å². The minimum absolute atomic E-state index is 0.0675. The molecule has 2 aliphatic rings. The third-order valence-electron chi connectivity index (χ3n) is 3.72. The van der Waals surface area contributed by atoms with Gasteiger partial charge in [-0.1, -0.05) is 19.3 Å². The number of hydrogen-bond acceptors (Lipinski definition) is 3. The number of likely N-dealkylation sites (tertiary alicyclic amines) is 1. The Balaban J connectivity index is 1.95. The van der Waals surface area contributed by atoms with Crippen LogP contribution in [0.1, 0.15) is 38.5 Å². The van der Waals surface area contributed by atoms with E-state index < -0.39 is 10.0 Å². The normalized spacial score (nSPS) is 27.7. The third-order valence-corrected chi connectivity index (χ3v) is 4.66. The van der Waals surface area contributed by atoms with Crippen molar-refractivity contribution >= 4 is 15.9 Å². The molecule has 1 saturated heterocycles. The first-order valence-electron chi connectivity index (χ1n) is 6.25. The lowest BCUT2D eigenvalue weighted by Crippen LogP contribution is -2.38. The van der Waals surface area contributed by atoms with Crippen LogP contribution in [0.25, 0.3) is 0 Å². The molecule has 0 spiro atoms. The fourth-order valence-corrected chi connectivity index (χ4v) is 3.87. The number of sulfonamides is 1. The highest BCUT2D eigenvalue weighted by atomic mass is 32.2. The fourth-order valence-electron chi connectivity index (χ4n) is 2.99. The first-order chi connectivity index (χ1) is 7.96. The molecule has 5 nitrogen and oxygen atoms in total. The van der Waals surface area contributed by atoms with Crippen LogP contribution in [0, 0.1) is 5.92 Å². The van der Waals surface area contributed by atoms with Crippen LogP contribution in [0.2, 0.25) is 0 Å². The molecule has 2 rings (SSSR count). The van der Waals surface area contributed by atoms with Crippen LogP contribution in [-0.4, -0.2) is 37.6 Å². The largest absolute Gasteiger partial charge is 0.339 e. The maximum Gasteiger partial charge on any atom is 0.223 e. The molecule has 0 bridgehead atoms. The Hall–Kier alpha value is -0.620. The molecule has 1 aliphatic heterocycles. The minimum atomic E-state index is -3.46. The van der Waals surface area contributed by atoms with E-state index in [1.54, 1.807) is 0 Å². The Kier molecular flexibility index (Phi) is 3.73. The van der Waals surface area contributed by atoms with E-state index >= 15 is 0 Å². The van der Waals surface area contributed by atoms with Gasteiger partial charge >= 0.3 is 0 Å². The van der Waals surface area contributed by atoms with Gasteiger partial charge in [-0.15, -0.1) is 0 Å². The number of nitrogens with zero attached hydrogens (tertiary/aromatic N) is 1. The Morgan fingerprint density at radius 1 is 1.24 bits per heavy atom. The number of hydrogen-bond donors (Lipinski definition) is 1. The van der Waals surface area contributed by atoms with Crippen LogP contribution < -0.4 is 5.14 Å². The predicted molar refractivity (Wildman–Crippen MR) is 64.7 cm³/mol. The summed E-state index contributed by atoms with van der Waals surface area (Å²) in [6.45, 7) is 0.569. The SMILES string of the molecule is NS(=O)(=O)CC1CC(=O)N(C2CCCCC2)C1. The highest BCUT2D eigenvalue weighted by Gasteiger charge is 2.36. The fraction of sp³-hybridized carbons (Fsp3) is 0.909. The number of primary sulfonamides is 1. The van der Waals surface area contributed by atoms with Gasteiger partial charge in [0.2, 0.25) is 15.9 Å². The van der Waals surface area contributed by atoms with E-state index in [4.69, 9.17) is 5.14 Å². The van der Waals surface area contributed by atoms with Crippen molar-refractivity contribution in [3.05, 3.63) is 0 Å². The Bertz CT molecular complexity index is 388. The zero-order chi connectivity index (χ0) is 12.5. The van der Waals surface area contributed by atoms with Crippen LogP contribution in [0.4, 0.5) is 0 Å². The summed E-state index contributed by atoms with van der Waals surface area (Å²) in [6.07, 6.45) is 6.07. The lowest BCUT2D eigenvalue weighted by atomic mass is 9.94. The molecule has 0 radical (unpaired) electrons. The summed E-state index contributed by atoms with van der Waals surface area (Å²) >= 11 is 0. The summed E-state index contributed by atoms with van der Waals surface area (Å²) < 4.78 is 22.0. The maximum absolute atomic E-state index is 11.9. The van der Waals surface area contributed by atoms with E-state index in [2.05, 4.69) is 0 Å². The first-order valence-corrected chi connectivity index (χ1v) is 7.97. The van der Waals surface area contributed by atoms with Crippen molar-refractivity contribution in [2.75, 3.05) is 12.3 Å². The molecule has 0 aromatic rings. The van der Waals surface area contributed by atoms with Crippen LogP contribution in [0.5, 0.6) is 0 Å². The molecular formula is C11H20N2O3S. The zero-order valence-electron chi connectivity index (χ0n) is 9.97. The number of nitrogens with two attached hydrogens (primary N) is 1. The van der Waals surface area contributed by atoms with Crippen molar-refractivity contribution in [3.8, 4) is 0 Å². The second-order valence-electron chi connectivity index (χ2n) is 5.24. The van der Waals surface area contributed by atoms with Gasteiger partial charge < -0.3 is 4.90 Å². The summed E-state index contributed by atoms with van der Waals surface area (Å²) in [5.41, 5.74) is 0. The average Bonchev–Trinajstić information content (AvgIpc) is 2.58. The van der Waals surface area contributed by atoms with Crippen molar-refractivity contribution in [1.82, 2.24) is 4.90 Å². The van der Waals surface area contributed by atoms with Crippen LogP contribution >= 0.6 is 0 Å². The zero-order valence-corrected chi connectivity index (χ0v) is 10.8. The molecule has 0 aromatic carbocycles. The lowest BCUT2D eigenvalue weighted by Gasteiger charge is -2.31. The molecule has 98 valence electrons. The quantitative estimate of drug-likeness (QED) is 0.800. The second-order valence-corrected chi connectivity index (χ2v) is 6.90. The van der Waals surface area contributed by atoms with Gasteiger partial charge in [0.15, 0.2) is 0 Å². The maximum atomic E-state index is 11.9. The Morgan fingerprint density at radius 3 is 2.47 bits per heavy atom. The number of amides is 1. The molecule has 1 saturated carbocycles. The van der Waals surface area contributed by atoms with Crippen molar-refractivity contribution < 1.29 is 13.2 Å². The van der Waals surface area contributed by atoms with Gasteiger partial charge in [0.1, 0.15) is 0 Å². The molecule has 1 heterocycles. The average molecular weight is 260 g/mol. The molecular weight excluding hydrogens is 240 g/mol.